The van der Waals surface area contributed by atoms with Crippen LogP contribution in [0.5, 0.6) is 0 Å². The van der Waals surface area contributed by atoms with E-state index in [-0.39, 0.29) is 6.61 Å². The van der Waals surface area contributed by atoms with Gasteiger partial charge in [0.2, 0.25) is 0 Å². The molecule has 0 heterocycles. The van der Waals surface area contributed by atoms with Crippen molar-refractivity contribution in [1.29, 1.82) is 0 Å². The van der Waals surface area contributed by atoms with E-state index in [1.54, 1.807) is 0 Å². The maximum atomic E-state index is 9.21. The molecule has 2 aliphatic carbocycles. The van der Waals surface area contributed by atoms with Crippen LogP contribution >= 0.6 is 0 Å². The Balaban J connectivity index is 1.83. The summed E-state index contributed by atoms with van der Waals surface area (Å²) >= 11 is 0. The van der Waals surface area contributed by atoms with E-state index in [1.165, 1.54) is 39.3 Å². The molecular formula is C21H17O+. The normalized spacial score (nSPS) is 15.7. The van der Waals surface area contributed by atoms with Gasteiger partial charge in [-0.3, -0.25) is 0 Å². The van der Waals surface area contributed by atoms with Crippen molar-refractivity contribution < 1.29 is 5.11 Å². The first-order chi connectivity index (χ1) is 10.8. The Bertz CT molecular complexity index is 819. The van der Waals surface area contributed by atoms with Gasteiger partial charge in [-0.25, -0.2) is 0 Å². The number of rotatable bonds is 2. The van der Waals surface area contributed by atoms with E-state index >= 15 is 0 Å². The molecule has 0 saturated carbocycles. The first-order valence-corrected chi connectivity index (χ1v) is 7.56. The van der Waals surface area contributed by atoms with Crippen LogP contribution in [0.15, 0.2) is 72.3 Å². The zero-order valence-electron chi connectivity index (χ0n) is 12.5. The third kappa shape index (κ3) is 1.87. The van der Waals surface area contributed by atoms with Crippen molar-refractivity contribution in [2.24, 2.45) is 0 Å². The van der Waals surface area contributed by atoms with Crippen molar-refractivity contribution in [1.82, 2.24) is 0 Å². The van der Waals surface area contributed by atoms with Gasteiger partial charge in [-0.15, -0.1) is 0 Å². The summed E-state index contributed by atoms with van der Waals surface area (Å²) in [5.74, 6) is 1.26. The van der Waals surface area contributed by atoms with Crippen LogP contribution in [0.1, 0.15) is 29.2 Å². The van der Waals surface area contributed by atoms with Crippen LogP contribution in [0, 0.1) is 5.92 Å². The smallest absolute Gasteiger partial charge is 0.0763 e. The molecule has 2 aromatic carbocycles. The van der Waals surface area contributed by atoms with E-state index in [9.17, 15) is 5.11 Å². The second-order valence-corrected chi connectivity index (χ2v) is 5.75. The zero-order valence-corrected chi connectivity index (χ0v) is 12.5. The lowest BCUT2D eigenvalue weighted by molar-refractivity contribution is 0.282. The van der Waals surface area contributed by atoms with Crippen LogP contribution in [0.3, 0.4) is 0 Å². The molecule has 0 spiro atoms. The minimum Gasteiger partial charge on any atom is -0.392 e. The van der Waals surface area contributed by atoms with Gasteiger partial charge in [0, 0.05) is 34.4 Å². The van der Waals surface area contributed by atoms with Crippen LogP contribution in [0.2, 0.25) is 0 Å². The molecule has 22 heavy (non-hydrogen) atoms. The van der Waals surface area contributed by atoms with E-state index in [0.29, 0.717) is 0 Å². The molecule has 0 fully saturated rings. The van der Waals surface area contributed by atoms with Gasteiger partial charge in [-0.2, -0.15) is 0 Å². The highest BCUT2D eigenvalue weighted by molar-refractivity contribution is 6.04. The molecule has 0 saturated heterocycles. The molecule has 0 aromatic heterocycles. The van der Waals surface area contributed by atoms with Crippen LogP contribution < -0.4 is 0 Å². The van der Waals surface area contributed by atoms with Crippen molar-refractivity contribution in [2.75, 3.05) is 0 Å². The molecular weight excluding hydrogens is 268 g/mol. The largest absolute Gasteiger partial charge is 0.392 e. The summed E-state index contributed by atoms with van der Waals surface area (Å²) in [7, 11) is 0. The molecule has 0 radical (unpaired) electrons. The van der Waals surface area contributed by atoms with E-state index < -0.39 is 0 Å². The van der Waals surface area contributed by atoms with Crippen LogP contribution in [-0.2, 0) is 6.61 Å². The maximum absolute atomic E-state index is 9.21. The number of aliphatic hydroxyl groups excluding tert-OH is 1. The average Bonchev–Trinajstić information content (AvgIpc) is 2.89. The molecule has 0 amide bonds. The SMILES string of the molecule is CC1=C2C(=CC=C[C+]2c2ccc(CO)cc2)c2ccccc21. The molecule has 0 unspecified atom stereocenters. The predicted octanol–water partition coefficient (Wildman–Crippen LogP) is 4.54. The minimum atomic E-state index is 0.0871. The van der Waals surface area contributed by atoms with E-state index in [0.717, 1.165) is 5.56 Å². The van der Waals surface area contributed by atoms with Crippen molar-refractivity contribution in [2.45, 2.75) is 13.5 Å². The van der Waals surface area contributed by atoms with Crippen molar-refractivity contribution in [3.05, 3.63) is 101 Å². The highest BCUT2D eigenvalue weighted by atomic mass is 16.3. The first kappa shape index (κ1) is 13.2. The molecule has 1 N–H and O–H groups in total. The minimum absolute atomic E-state index is 0.0871. The fraction of sp³-hybridized carbons (Fsp3) is 0.0952. The Hall–Kier alpha value is -2.51. The summed E-state index contributed by atoms with van der Waals surface area (Å²) in [6.07, 6.45) is 6.52. The summed E-state index contributed by atoms with van der Waals surface area (Å²) in [6.45, 7) is 2.29. The van der Waals surface area contributed by atoms with Gasteiger partial charge in [-0.05, 0) is 55.0 Å². The molecule has 106 valence electrons. The Morgan fingerprint density at radius 3 is 2.41 bits per heavy atom. The quantitative estimate of drug-likeness (QED) is 0.803. The van der Waals surface area contributed by atoms with Gasteiger partial charge >= 0.3 is 0 Å². The fourth-order valence-corrected chi connectivity index (χ4v) is 3.39. The third-order valence-electron chi connectivity index (χ3n) is 4.51. The Labute approximate surface area is 130 Å². The van der Waals surface area contributed by atoms with Crippen LogP contribution in [-0.4, -0.2) is 5.11 Å². The summed E-state index contributed by atoms with van der Waals surface area (Å²) in [5, 5.41) is 9.21. The average molecular weight is 285 g/mol. The summed E-state index contributed by atoms with van der Waals surface area (Å²) in [6, 6.07) is 16.8. The second-order valence-electron chi connectivity index (χ2n) is 5.75. The number of hydrogen-bond acceptors (Lipinski definition) is 1. The summed E-state index contributed by atoms with van der Waals surface area (Å²) < 4.78 is 0. The highest BCUT2D eigenvalue weighted by Gasteiger charge is 2.35. The van der Waals surface area contributed by atoms with Gasteiger partial charge in [-0.1, -0.05) is 12.1 Å². The third-order valence-corrected chi connectivity index (χ3v) is 4.51. The van der Waals surface area contributed by atoms with Gasteiger partial charge in [0.1, 0.15) is 0 Å². The number of benzene rings is 2. The summed E-state index contributed by atoms with van der Waals surface area (Å²) in [4.78, 5) is 0. The highest BCUT2D eigenvalue weighted by Crippen LogP contribution is 2.48. The molecule has 2 aromatic rings. The Morgan fingerprint density at radius 1 is 0.955 bits per heavy atom. The number of hydrogen-bond donors (Lipinski definition) is 1. The monoisotopic (exact) mass is 285 g/mol. The number of aliphatic hydroxyl groups is 1. The van der Waals surface area contributed by atoms with Gasteiger partial charge < -0.3 is 5.11 Å². The van der Waals surface area contributed by atoms with Gasteiger partial charge in [0.15, 0.2) is 0 Å². The van der Waals surface area contributed by atoms with E-state index in [1.807, 2.05) is 12.1 Å². The van der Waals surface area contributed by atoms with Crippen molar-refractivity contribution >= 4 is 11.1 Å². The van der Waals surface area contributed by atoms with Crippen LogP contribution in [0.25, 0.3) is 11.1 Å². The fourth-order valence-electron chi connectivity index (χ4n) is 3.39. The van der Waals surface area contributed by atoms with E-state index in [4.69, 9.17) is 0 Å². The molecule has 2 aliphatic rings. The topological polar surface area (TPSA) is 20.2 Å². The molecule has 1 heteroatoms. The maximum Gasteiger partial charge on any atom is 0.0763 e. The van der Waals surface area contributed by atoms with Crippen molar-refractivity contribution in [3.63, 3.8) is 0 Å². The molecule has 0 aliphatic heterocycles. The lowest BCUT2D eigenvalue weighted by Crippen LogP contribution is -2.04. The van der Waals surface area contributed by atoms with Gasteiger partial charge in [0.25, 0.3) is 0 Å². The number of fused-ring (bicyclic) bond motifs is 3. The summed E-state index contributed by atoms with van der Waals surface area (Å²) in [5.41, 5.74) is 8.78. The van der Waals surface area contributed by atoms with Crippen molar-refractivity contribution in [3.8, 4) is 0 Å². The van der Waals surface area contributed by atoms with Gasteiger partial charge in [0.05, 0.1) is 23.7 Å². The predicted molar refractivity (Wildman–Crippen MR) is 90.9 cm³/mol. The molecule has 4 rings (SSSR count). The Morgan fingerprint density at radius 2 is 1.68 bits per heavy atom. The number of allylic oxidation sites excluding steroid dienone is 6. The molecule has 1 nitrogen and oxygen atoms in total. The standard InChI is InChI=1S/C21H17O/c1-14-17-5-2-3-6-19(17)20-8-4-7-18(21(14)20)16-11-9-15(13-22)10-12-16/h2-12,22H,13H2,1H3/q+1. The lowest BCUT2D eigenvalue weighted by atomic mass is 9.82. The zero-order chi connectivity index (χ0) is 15.1. The first-order valence-electron chi connectivity index (χ1n) is 7.56. The molecule has 0 bridgehead atoms. The Kier molecular flexibility index (Phi) is 3.02. The second kappa shape index (κ2) is 5.04. The van der Waals surface area contributed by atoms with E-state index in [2.05, 4.69) is 61.5 Å². The molecule has 0 atom stereocenters. The lowest BCUT2D eigenvalue weighted by Gasteiger charge is -2.15. The van der Waals surface area contributed by atoms with Crippen LogP contribution in [0.4, 0.5) is 0 Å².